The lowest BCUT2D eigenvalue weighted by Gasteiger charge is -2.25. The molecule has 3 aromatic carbocycles. The molecule has 1 amide bonds. The molecule has 0 aliphatic rings. The molecular formula is C23H22FIN2O5S. The second-order valence-corrected chi connectivity index (χ2v) is 10.1. The highest BCUT2D eigenvalue weighted by molar-refractivity contribution is 14.1. The SMILES string of the molecule is COc1ccc(S(=O)(=O)N(CC(=O)Nc2ccc(I)cc2C)c2ccccc2F)cc1OC. The molecule has 0 fully saturated rings. The van der Waals surface area contributed by atoms with Gasteiger partial charge >= 0.3 is 0 Å². The monoisotopic (exact) mass is 584 g/mol. The quantitative estimate of drug-likeness (QED) is 0.392. The Bertz CT molecular complexity index is 1280. The third kappa shape index (κ3) is 5.56. The number of hydrogen-bond acceptors (Lipinski definition) is 5. The lowest BCUT2D eigenvalue weighted by atomic mass is 10.2. The van der Waals surface area contributed by atoms with E-state index in [9.17, 15) is 17.6 Å². The Morgan fingerprint density at radius 2 is 1.73 bits per heavy atom. The number of para-hydroxylation sites is 1. The van der Waals surface area contributed by atoms with Gasteiger partial charge in [-0.05, 0) is 77.5 Å². The van der Waals surface area contributed by atoms with Crippen LogP contribution in [0.4, 0.5) is 15.8 Å². The summed E-state index contributed by atoms with van der Waals surface area (Å²) in [5, 5.41) is 2.71. The van der Waals surface area contributed by atoms with Crippen LogP contribution in [-0.4, -0.2) is 35.1 Å². The first-order valence-electron chi connectivity index (χ1n) is 9.72. The van der Waals surface area contributed by atoms with E-state index in [-0.39, 0.29) is 16.3 Å². The van der Waals surface area contributed by atoms with Crippen LogP contribution in [0, 0.1) is 16.3 Å². The first-order chi connectivity index (χ1) is 15.7. The van der Waals surface area contributed by atoms with Gasteiger partial charge in [0.2, 0.25) is 5.91 Å². The van der Waals surface area contributed by atoms with Crippen LogP contribution in [0.1, 0.15) is 5.56 Å². The molecule has 7 nitrogen and oxygen atoms in total. The number of benzene rings is 3. The van der Waals surface area contributed by atoms with Crippen LogP contribution < -0.4 is 19.1 Å². The number of carbonyl (C=O) groups is 1. The summed E-state index contributed by atoms with van der Waals surface area (Å²) in [6.07, 6.45) is 0. The number of sulfonamides is 1. The minimum Gasteiger partial charge on any atom is -0.493 e. The molecule has 0 aliphatic heterocycles. The molecule has 0 saturated heterocycles. The van der Waals surface area contributed by atoms with Crippen molar-refractivity contribution in [2.45, 2.75) is 11.8 Å². The Morgan fingerprint density at radius 3 is 2.36 bits per heavy atom. The van der Waals surface area contributed by atoms with Crippen LogP contribution in [-0.2, 0) is 14.8 Å². The number of ether oxygens (including phenoxy) is 2. The molecule has 0 aromatic heterocycles. The standard InChI is InChI=1S/C23H22FIN2O5S/c1-15-12-16(25)8-10-19(15)26-23(28)14-27(20-7-5-4-6-18(20)24)33(29,30)17-9-11-21(31-2)22(13-17)32-3/h4-13H,14H2,1-3H3,(H,26,28). The van der Waals surface area contributed by atoms with E-state index in [1.54, 1.807) is 6.07 Å². The Balaban J connectivity index is 2.01. The number of halogens is 2. The minimum absolute atomic E-state index is 0.179. The van der Waals surface area contributed by atoms with Crippen molar-refractivity contribution in [3.05, 3.63) is 75.6 Å². The molecule has 0 saturated carbocycles. The van der Waals surface area contributed by atoms with Gasteiger partial charge in [0, 0.05) is 15.3 Å². The zero-order chi connectivity index (χ0) is 24.2. The maximum atomic E-state index is 14.7. The first kappa shape index (κ1) is 24.8. The largest absolute Gasteiger partial charge is 0.493 e. The topological polar surface area (TPSA) is 84.9 Å². The van der Waals surface area contributed by atoms with E-state index in [4.69, 9.17) is 9.47 Å². The maximum absolute atomic E-state index is 14.7. The van der Waals surface area contributed by atoms with Crippen molar-refractivity contribution in [1.82, 2.24) is 0 Å². The number of aryl methyl sites for hydroxylation is 1. The number of methoxy groups -OCH3 is 2. The summed E-state index contributed by atoms with van der Waals surface area (Å²) in [6.45, 7) is 1.19. The van der Waals surface area contributed by atoms with Gasteiger partial charge < -0.3 is 14.8 Å². The third-order valence-corrected chi connectivity index (χ3v) is 7.24. The number of anilines is 2. The predicted molar refractivity (Wildman–Crippen MR) is 133 cm³/mol. The zero-order valence-corrected chi connectivity index (χ0v) is 21.1. The van der Waals surface area contributed by atoms with Crippen molar-refractivity contribution in [3.63, 3.8) is 0 Å². The highest BCUT2D eigenvalue weighted by atomic mass is 127. The normalized spacial score (nSPS) is 11.1. The van der Waals surface area contributed by atoms with Crippen LogP contribution >= 0.6 is 22.6 Å². The molecule has 3 rings (SSSR count). The van der Waals surface area contributed by atoms with Gasteiger partial charge in [-0.1, -0.05) is 12.1 Å². The summed E-state index contributed by atoms with van der Waals surface area (Å²) in [6, 6.07) is 14.8. The Kier molecular flexibility index (Phi) is 7.80. The molecule has 0 unspecified atom stereocenters. The Hall–Kier alpha value is -2.86. The summed E-state index contributed by atoms with van der Waals surface area (Å²) in [7, 11) is -1.54. The Morgan fingerprint density at radius 1 is 1.03 bits per heavy atom. The fraction of sp³-hybridized carbons (Fsp3) is 0.174. The van der Waals surface area contributed by atoms with Crippen molar-refractivity contribution in [1.29, 1.82) is 0 Å². The smallest absolute Gasteiger partial charge is 0.265 e. The number of rotatable bonds is 8. The van der Waals surface area contributed by atoms with Gasteiger partial charge in [-0.25, -0.2) is 12.8 Å². The van der Waals surface area contributed by atoms with E-state index in [1.807, 2.05) is 19.1 Å². The van der Waals surface area contributed by atoms with Gasteiger partial charge in [-0.2, -0.15) is 0 Å². The highest BCUT2D eigenvalue weighted by Gasteiger charge is 2.30. The molecule has 0 bridgehead atoms. The number of carbonyl (C=O) groups excluding carboxylic acids is 1. The van der Waals surface area contributed by atoms with E-state index < -0.39 is 28.3 Å². The van der Waals surface area contributed by atoms with E-state index in [2.05, 4.69) is 27.9 Å². The molecule has 0 atom stereocenters. The molecule has 10 heteroatoms. The van der Waals surface area contributed by atoms with Crippen molar-refractivity contribution < 1.29 is 27.1 Å². The summed E-state index contributed by atoms with van der Waals surface area (Å²) in [5.74, 6) is -0.877. The molecule has 0 aliphatic carbocycles. The van der Waals surface area contributed by atoms with Crippen LogP contribution in [0.15, 0.2) is 65.6 Å². The van der Waals surface area contributed by atoms with Crippen molar-refractivity contribution >= 4 is 49.9 Å². The molecular weight excluding hydrogens is 562 g/mol. The summed E-state index contributed by atoms with van der Waals surface area (Å²) < 4.78 is 53.8. The molecule has 1 N–H and O–H groups in total. The first-order valence-corrected chi connectivity index (χ1v) is 12.2. The number of nitrogens with one attached hydrogen (secondary N) is 1. The molecule has 3 aromatic rings. The van der Waals surface area contributed by atoms with E-state index >= 15 is 0 Å². The Labute approximate surface area is 205 Å². The third-order valence-electron chi connectivity index (χ3n) is 4.81. The second-order valence-electron chi connectivity index (χ2n) is 6.99. The number of nitrogens with zero attached hydrogens (tertiary/aromatic N) is 1. The van der Waals surface area contributed by atoms with Gasteiger partial charge in [-0.15, -0.1) is 0 Å². The highest BCUT2D eigenvalue weighted by Crippen LogP contribution is 2.33. The van der Waals surface area contributed by atoms with Crippen LogP contribution in [0.5, 0.6) is 11.5 Å². The van der Waals surface area contributed by atoms with Gasteiger partial charge in [-0.3, -0.25) is 9.10 Å². The zero-order valence-electron chi connectivity index (χ0n) is 18.1. The van der Waals surface area contributed by atoms with Crippen molar-refractivity contribution in [2.75, 3.05) is 30.4 Å². The fourth-order valence-corrected chi connectivity index (χ4v) is 5.24. The molecule has 33 heavy (non-hydrogen) atoms. The van der Waals surface area contributed by atoms with Crippen molar-refractivity contribution in [3.8, 4) is 11.5 Å². The lowest BCUT2D eigenvalue weighted by molar-refractivity contribution is -0.114. The molecule has 0 heterocycles. The average molecular weight is 584 g/mol. The second kappa shape index (κ2) is 10.4. The van der Waals surface area contributed by atoms with Gasteiger partial charge in [0.05, 0.1) is 24.8 Å². The average Bonchev–Trinajstić information content (AvgIpc) is 2.79. The van der Waals surface area contributed by atoms with E-state index in [0.717, 1.165) is 19.5 Å². The van der Waals surface area contributed by atoms with E-state index in [1.165, 1.54) is 50.6 Å². The van der Waals surface area contributed by atoms with Crippen molar-refractivity contribution in [2.24, 2.45) is 0 Å². The lowest BCUT2D eigenvalue weighted by Crippen LogP contribution is -2.38. The summed E-state index contributed by atoms with van der Waals surface area (Å²) in [4.78, 5) is 12.7. The number of amides is 1. The van der Waals surface area contributed by atoms with Gasteiger partial charge in [0.25, 0.3) is 10.0 Å². The summed E-state index contributed by atoms with van der Waals surface area (Å²) in [5.41, 5.74) is 1.11. The minimum atomic E-state index is -4.34. The summed E-state index contributed by atoms with van der Waals surface area (Å²) >= 11 is 2.15. The van der Waals surface area contributed by atoms with Crippen LogP contribution in [0.2, 0.25) is 0 Å². The van der Waals surface area contributed by atoms with Gasteiger partial charge in [0.15, 0.2) is 11.5 Å². The van der Waals surface area contributed by atoms with Crippen LogP contribution in [0.3, 0.4) is 0 Å². The van der Waals surface area contributed by atoms with Crippen LogP contribution in [0.25, 0.3) is 0 Å². The molecule has 174 valence electrons. The molecule has 0 radical (unpaired) electrons. The molecule has 0 spiro atoms. The van der Waals surface area contributed by atoms with Gasteiger partial charge in [0.1, 0.15) is 12.4 Å². The predicted octanol–water partition coefficient (Wildman–Crippen LogP) is 4.59. The maximum Gasteiger partial charge on any atom is 0.265 e. The fourth-order valence-electron chi connectivity index (χ4n) is 3.15. The van der Waals surface area contributed by atoms with E-state index in [0.29, 0.717) is 11.4 Å². The number of hydrogen-bond donors (Lipinski definition) is 1.